The van der Waals surface area contributed by atoms with Gasteiger partial charge >= 0.3 is 0 Å². The molecule has 1 aliphatic rings. The SMILES string of the molecule is COc1cccc(C(=O)N2CCN(c3ccc(Nc4cc(C)ccn4)nn3)CC2)c1OC. The Labute approximate surface area is 187 Å². The fraction of sp³-hybridized carbons (Fsp3) is 0.304. The average Bonchev–Trinajstić information content (AvgIpc) is 2.83. The number of anilines is 3. The Morgan fingerprint density at radius 2 is 1.78 bits per heavy atom. The van der Waals surface area contributed by atoms with E-state index in [2.05, 4.69) is 25.4 Å². The lowest BCUT2D eigenvalue weighted by Gasteiger charge is -2.35. The Morgan fingerprint density at radius 1 is 0.969 bits per heavy atom. The van der Waals surface area contributed by atoms with Crippen LogP contribution in [-0.4, -0.2) is 66.4 Å². The first-order valence-electron chi connectivity index (χ1n) is 10.4. The van der Waals surface area contributed by atoms with Crippen molar-refractivity contribution in [2.45, 2.75) is 6.92 Å². The molecular weight excluding hydrogens is 408 g/mol. The van der Waals surface area contributed by atoms with Gasteiger partial charge in [0.1, 0.15) is 5.82 Å². The van der Waals surface area contributed by atoms with E-state index < -0.39 is 0 Å². The van der Waals surface area contributed by atoms with E-state index in [0.29, 0.717) is 49.1 Å². The number of para-hydroxylation sites is 1. The summed E-state index contributed by atoms with van der Waals surface area (Å²) in [4.78, 5) is 21.3. The molecule has 1 fully saturated rings. The van der Waals surface area contributed by atoms with Gasteiger partial charge in [-0.3, -0.25) is 4.79 Å². The van der Waals surface area contributed by atoms with Crippen LogP contribution in [-0.2, 0) is 0 Å². The van der Waals surface area contributed by atoms with Crippen molar-refractivity contribution in [3.8, 4) is 11.5 Å². The van der Waals surface area contributed by atoms with E-state index in [1.54, 1.807) is 38.6 Å². The molecule has 0 atom stereocenters. The molecule has 0 spiro atoms. The number of hydrogen-bond donors (Lipinski definition) is 1. The number of ether oxygens (including phenoxy) is 2. The van der Waals surface area contributed by atoms with Gasteiger partial charge in [0.2, 0.25) is 0 Å². The summed E-state index contributed by atoms with van der Waals surface area (Å²) in [5, 5.41) is 11.8. The molecule has 1 saturated heterocycles. The van der Waals surface area contributed by atoms with Crippen LogP contribution in [0.25, 0.3) is 0 Å². The van der Waals surface area contributed by atoms with Crippen LogP contribution in [0.5, 0.6) is 11.5 Å². The third-order valence-corrected chi connectivity index (χ3v) is 5.35. The molecule has 1 N–H and O–H groups in total. The molecule has 1 aliphatic heterocycles. The van der Waals surface area contributed by atoms with Crippen LogP contribution in [0.1, 0.15) is 15.9 Å². The van der Waals surface area contributed by atoms with Gasteiger partial charge in [0.25, 0.3) is 5.91 Å². The molecule has 3 aromatic rings. The molecule has 1 amide bonds. The van der Waals surface area contributed by atoms with Crippen LogP contribution < -0.4 is 19.7 Å². The summed E-state index contributed by atoms with van der Waals surface area (Å²) >= 11 is 0. The normalized spacial score (nSPS) is 13.6. The minimum Gasteiger partial charge on any atom is -0.493 e. The lowest BCUT2D eigenvalue weighted by atomic mass is 10.1. The smallest absolute Gasteiger partial charge is 0.257 e. The number of nitrogens with zero attached hydrogens (tertiary/aromatic N) is 5. The van der Waals surface area contributed by atoms with Crippen LogP contribution in [0.2, 0.25) is 0 Å². The molecular formula is C23H26N6O3. The third-order valence-electron chi connectivity index (χ3n) is 5.35. The third kappa shape index (κ3) is 4.56. The summed E-state index contributed by atoms with van der Waals surface area (Å²) in [7, 11) is 3.10. The van der Waals surface area contributed by atoms with Gasteiger partial charge in [-0.15, -0.1) is 10.2 Å². The molecule has 1 aromatic carbocycles. The van der Waals surface area contributed by atoms with Crippen LogP contribution >= 0.6 is 0 Å². The number of aromatic nitrogens is 3. The van der Waals surface area contributed by atoms with Crippen molar-refractivity contribution in [1.29, 1.82) is 0 Å². The van der Waals surface area contributed by atoms with Gasteiger partial charge in [-0.25, -0.2) is 4.98 Å². The second kappa shape index (κ2) is 9.51. The summed E-state index contributed by atoms with van der Waals surface area (Å²) in [5.41, 5.74) is 1.62. The minimum absolute atomic E-state index is 0.0725. The van der Waals surface area contributed by atoms with Crippen LogP contribution in [0.15, 0.2) is 48.7 Å². The highest BCUT2D eigenvalue weighted by Crippen LogP contribution is 2.31. The van der Waals surface area contributed by atoms with Gasteiger partial charge in [0.05, 0.1) is 19.8 Å². The molecule has 9 nitrogen and oxygen atoms in total. The van der Waals surface area contributed by atoms with E-state index in [-0.39, 0.29) is 5.91 Å². The first kappa shape index (κ1) is 21.4. The first-order chi connectivity index (χ1) is 15.6. The molecule has 0 saturated carbocycles. The number of carbonyl (C=O) groups excluding carboxylic acids is 1. The summed E-state index contributed by atoms with van der Waals surface area (Å²) in [6.07, 6.45) is 1.75. The molecule has 0 unspecified atom stereocenters. The van der Waals surface area contributed by atoms with Crippen LogP contribution in [0.3, 0.4) is 0 Å². The molecule has 166 valence electrons. The van der Waals surface area contributed by atoms with Gasteiger partial charge in [0.15, 0.2) is 23.1 Å². The molecule has 3 heterocycles. The topological polar surface area (TPSA) is 92.7 Å². The molecule has 0 radical (unpaired) electrons. The largest absolute Gasteiger partial charge is 0.493 e. The van der Waals surface area contributed by atoms with E-state index in [1.807, 2.05) is 36.1 Å². The summed E-state index contributed by atoms with van der Waals surface area (Å²) in [6.45, 7) is 4.50. The number of amides is 1. The number of rotatable bonds is 6. The molecule has 2 aromatic heterocycles. The van der Waals surface area contributed by atoms with Crippen molar-refractivity contribution in [2.75, 3.05) is 50.6 Å². The number of carbonyl (C=O) groups is 1. The molecule has 0 aliphatic carbocycles. The lowest BCUT2D eigenvalue weighted by molar-refractivity contribution is 0.0742. The summed E-state index contributed by atoms with van der Waals surface area (Å²) in [5.74, 6) is 3.06. The zero-order valence-corrected chi connectivity index (χ0v) is 18.4. The quantitative estimate of drug-likeness (QED) is 0.633. The molecule has 32 heavy (non-hydrogen) atoms. The van der Waals surface area contributed by atoms with Crippen molar-refractivity contribution in [3.63, 3.8) is 0 Å². The van der Waals surface area contributed by atoms with Crippen LogP contribution in [0, 0.1) is 6.92 Å². The average molecular weight is 435 g/mol. The van der Waals surface area contributed by atoms with Crippen molar-refractivity contribution in [3.05, 3.63) is 59.8 Å². The number of nitrogens with one attached hydrogen (secondary N) is 1. The zero-order chi connectivity index (χ0) is 22.5. The summed E-state index contributed by atoms with van der Waals surface area (Å²) in [6, 6.07) is 13.0. The van der Waals surface area contributed by atoms with E-state index in [1.165, 1.54) is 0 Å². The van der Waals surface area contributed by atoms with E-state index in [9.17, 15) is 4.79 Å². The Kier molecular flexibility index (Phi) is 6.34. The van der Waals surface area contributed by atoms with Crippen molar-refractivity contribution >= 4 is 23.4 Å². The number of benzene rings is 1. The summed E-state index contributed by atoms with van der Waals surface area (Å²) < 4.78 is 10.7. The highest BCUT2D eigenvalue weighted by molar-refractivity contribution is 5.98. The zero-order valence-electron chi connectivity index (χ0n) is 18.4. The highest BCUT2D eigenvalue weighted by Gasteiger charge is 2.26. The lowest BCUT2D eigenvalue weighted by Crippen LogP contribution is -2.49. The fourth-order valence-electron chi connectivity index (χ4n) is 3.66. The maximum absolute atomic E-state index is 13.1. The Morgan fingerprint density at radius 3 is 2.44 bits per heavy atom. The number of methoxy groups -OCH3 is 2. The van der Waals surface area contributed by atoms with Crippen LogP contribution in [0.4, 0.5) is 17.5 Å². The Balaban J connectivity index is 1.38. The van der Waals surface area contributed by atoms with Gasteiger partial charge in [-0.2, -0.15) is 0 Å². The van der Waals surface area contributed by atoms with Gasteiger partial charge in [-0.1, -0.05) is 6.07 Å². The number of hydrogen-bond acceptors (Lipinski definition) is 8. The second-order valence-electron chi connectivity index (χ2n) is 7.44. The predicted molar refractivity (Wildman–Crippen MR) is 122 cm³/mol. The highest BCUT2D eigenvalue weighted by atomic mass is 16.5. The van der Waals surface area contributed by atoms with Gasteiger partial charge in [0, 0.05) is 32.4 Å². The first-order valence-corrected chi connectivity index (χ1v) is 10.4. The van der Waals surface area contributed by atoms with Crippen molar-refractivity contribution < 1.29 is 14.3 Å². The maximum Gasteiger partial charge on any atom is 0.257 e. The molecule has 9 heteroatoms. The van der Waals surface area contributed by atoms with Gasteiger partial charge < -0.3 is 24.6 Å². The van der Waals surface area contributed by atoms with E-state index >= 15 is 0 Å². The number of aryl methyl sites for hydroxylation is 1. The molecule has 0 bridgehead atoms. The van der Waals surface area contributed by atoms with Crippen molar-refractivity contribution in [1.82, 2.24) is 20.1 Å². The predicted octanol–water partition coefficient (Wildman–Crippen LogP) is 2.90. The van der Waals surface area contributed by atoms with Gasteiger partial charge in [-0.05, 0) is 48.9 Å². The number of pyridine rings is 1. The fourth-order valence-corrected chi connectivity index (χ4v) is 3.66. The van der Waals surface area contributed by atoms with Crippen molar-refractivity contribution in [2.24, 2.45) is 0 Å². The minimum atomic E-state index is -0.0725. The Hall–Kier alpha value is -3.88. The Bertz CT molecular complexity index is 1080. The number of piperazine rings is 1. The second-order valence-corrected chi connectivity index (χ2v) is 7.44. The molecule has 4 rings (SSSR count). The standard InChI is InChI=1S/C23H26N6O3/c1-16-9-10-24-20(15-16)25-19-7-8-21(27-26-19)28-11-13-29(14-12-28)23(30)17-5-4-6-18(31-2)22(17)32-3/h4-10,15H,11-14H2,1-3H3,(H,24,25,26). The van der Waals surface area contributed by atoms with E-state index in [0.717, 1.165) is 17.2 Å². The monoisotopic (exact) mass is 434 g/mol. The van der Waals surface area contributed by atoms with E-state index in [4.69, 9.17) is 9.47 Å². The maximum atomic E-state index is 13.1.